The molecule has 1 N–H and O–H groups in total. The minimum absolute atomic E-state index is 0.219. The minimum atomic E-state index is -0.292. The number of ether oxygens (including phenoxy) is 2. The summed E-state index contributed by atoms with van der Waals surface area (Å²) in [5.41, 5.74) is 1.66. The second kappa shape index (κ2) is 4.80. The zero-order chi connectivity index (χ0) is 11.5. The summed E-state index contributed by atoms with van der Waals surface area (Å²) < 4.78 is 24.6. The van der Waals surface area contributed by atoms with Gasteiger partial charge in [0.1, 0.15) is 0 Å². The molecule has 1 aromatic rings. The van der Waals surface area contributed by atoms with E-state index in [0.29, 0.717) is 18.7 Å². The van der Waals surface area contributed by atoms with Crippen LogP contribution in [-0.2, 0) is 11.2 Å². The van der Waals surface area contributed by atoms with Crippen molar-refractivity contribution in [2.24, 2.45) is 0 Å². The summed E-state index contributed by atoms with van der Waals surface area (Å²) in [6, 6.07) is 3.60. The van der Waals surface area contributed by atoms with Crippen LogP contribution >= 0.6 is 0 Å². The van der Waals surface area contributed by atoms with Crippen LogP contribution in [0.25, 0.3) is 0 Å². The maximum Gasteiger partial charge on any atom is 0.171 e. The fourth-order valence-corrected chi connectivity index (χ4v) is 2.08. The zero-order valence-electron chi connectivity index (χ0n) is 9.55. The molecule has 0 unspecified atom stereocenters. The maximum absolute atomic E-state index is 14.1. The minimum Gasteiger partial charge on any atom is -0.494 e. The summed E-state index contributed by atoms with van der Waals surface area (Å²) in [4.78, 5) is 0. The topological polar surface area (TPSA) is 30.5 Å². The molecule has 0 saturated heterocycles. The molecule has 0 saturated carbocycles. The number of halogens is 1. The number of fused-ring (bicyclic) bond motifs is 1. The molecule has 16 heavy (non-hydrogen) atoms. The van der Waals surface area contributed by atoms with Gasteiger partial charge in [-0.05, 0) is 25.1 Å². The van der Waals surface area contributed by atoms with Crippen molar-refractivity contribution in [2.75, 3.05) is 27.3 Å². The van der Waals surface area contributed by atoms with E-state index >= 15 is 0 Å². The summed E-state index contributed by atoms with van der Waals surface area (Å²) in [6.45, 7) is 1.25. The number of rotatable bonds is 3. The molecule has 1 aromatic carbocycles. The molecule has 0 fully saturated rings. The molecule has 0 spiro atoms. The Labute approximate surface area is 94.6 Å². The number of benzene rings is 1. The Hall–Kier alpha value is -1.13. The van der Waals surface area contributed by atoms with Crippen LogP contribution in [0.1, 0.15) is 17.2 Å². The van der Waals surface area contributed by atoms with Crippen LogP contribution in [0.3, 0.4) is 0 Å². The first-order chi connectivity index (χ1) is 7.77. The Morgan fingerprint density at radius 2 is 2.38 bits per heavy atom. The molecule has 1 aliphatic heterocycles. The Kier molecular flexibility index (Phi) is 3.41. The largest absolute Gasteiger partial charge is 0.494 e. The predicted molar refractivity (Wildman–Crippen MR) is 59.3 cm³/mol. The summed E-state index contributed by atoms with van der Waals surface area (Å²) in [6.07, 6.45) is 0.542. The van der Waals surface area contributed by atoms with Gasteiger partial charge < -0.3 is 14.8 Å². The molecule has 4 heteroatoms. The molecule has 3 nitrogen and oxygen atoms in total. The molecule has 0 radical (unpaired) electrons. The molecule has 1 heterocycles. The third kappa shape index (κ3) is 1.90. The van der Waals surface area contributed by atoms with Gasteiger partial charge in [0.15, 0.2) is 11.6 Å². The van der Waals surface area contributed by atoms with Crippen molar-refractivity contribution >= 4 is 0 Å². The lowest BCUT2D eigenvalue weighted by Gasteiger charge is -2.27. The molecular weight excluding hydrogens is 209 g/mol. The van der Waals surface area contributed by atoms with Gasteiger partial charge in [0.2, 0.25) is 0 Å². The third-order valence-corrected chi connectivity index (χ3v) is 2.86. The van der Waals surface area contributed by atoms with E-state index in [1.54, 1.807) is 6.07 Å². The van der Waals surface area contributed by atoms with Crippen molar-refractivity contribution in [3.05, 3.63) is 29.1 Å². The van der Waals surface area contributed by atoms with E-state index in [-0.39, 0.29) is 17.7 Å². The van der Waals surface area contributed by atoms with Gasteiger partial charge in [-0.15, -0.1) is 0 Å². The van der Waals surface area contributed by atoms with Crippen LogP contribution < -0.4 is 10.1 Å². The number of hydrogen-bond donors (Lipinski definition) is 1. The lowest BCUT2D eigenvalue weighted by atomic mass is 9.96. The smallest absolute Gasteiger partial charge is 0.171 e. The van der Waals surface area contributed by atoms with Crippen molar-refractivity contribution < 1.29 is 13.9 Å². The van der Waals surface area contributed by atoms with Crippen molar-refractivity contribution in [1.82, 2.24) is 5.32 Å². The van der Waals surface area contributed by atoms with E-state index in [1.165, 1.54) is 7.11 Å². The van der Waals surface area contributed by atoms with E-state index in [9.17, 15) is 4.39 Å². The van der Waals surface area contributed by atoms with Crippen LogP contribution in [0, 0.1) is 5.82 Å². The van der Waals surface area contributed by atoms with E-state index in [2.05, 4.69) is 5.32 Å². The van der Waals surface area contributed by atoms with Crippen LogP contribution in [0.4, 0.5) is 4.39 Å². The van der Waals surface area contributed by atoms with Crippen molar-refractivity contribution in [3.63, 3.8) is 0 Å². The highest BCUT2D eigenvalue weighted by molar-refractivity contribution is 5.40. The van der Waals surface area contributed by atoms with E-state index in [4.69, 9.17) is 9.47 Å². The SMILES string of the molecule is CNC[C@@H]1OCCc2ccc(OC)c(F)c21. The molecule has 1 atom stereocenters. The number of nitrogens with one attached hydrogen (secondary N) is 1. The Bertz CT molecular complexity index is 382. The van der Waals surface area contributed by atoms with Gasteiger partial charge in [0.25, 0.3) is 0 Å². The standard InChI is InChI=1S/C12H16FNO2/c1-14-7-10-11-8(5-6-16-10)3-4-9(15-2)12(11)13/h3-4,10,14H,5-7H2,1-2H3/t10-/m0/s1. The lowest BCUT2D eigenvalue weighted by molar-refractivity contribution is 0.0406. The van der Waals surface area contributed by atoms with E-state index in [0.717, 1.165) is 12.0 Å². The Morgan fingerprint density at radius 1 is 1.56 bits per heavy atom. The molecule has 1 aliphatic rings. The molecule has 2 rings (SSSR count). The summed E-state index contributed by atoms with van der Waals surface area (Å²) in [5.74, 6) is -0.00898. The molecular formula is C12H16FNO2. The highest BCUT2D eigenvalue weighted by Gasteiger charge is 2.25. The van der Waals surface area contributed by atoms with Gasteiger partial charge in [0, 0.05) is 12.1 Å². The number of hydrogen-bond acceptors (Lipinski definition) is 3. The van der Waals surface area contributed by atoms with Crippen LogP contribution in [0.2, 0.25) is 0 Å². The highest BCUT2D eigenvalue weighted by atomic mass is 19.1. The number of likely N-dealkylation sites (N-methyl/N-ethyl adjacent to an activating group) is 1. The van der Waals surface area contributed by atoms with Gasteiger partial charge in [-0.1, -0.05) is 6.07 Å². The van der Waals surface area contributed by atoms with Gasteiger partial charge in [-0.2, -0.15) is 0 Å². The monoisotopic (exact) mass is 225 g/mol. The predicted octanol–water partition coefficient (Wildman–Crippen LogP) is 1.67. The summed E-state index contributed by atoms with van der Waals surface area (Å²) in [5, 5.41) is 3.01. The maximum atomic E-state index is 14.1. The van der Waals surface area contributed by atoms with Gasteiger partial charge in [-0.3, -0.25) is 0 Å². The van der Waals surface area contributed by atoms with E-state index in [1.807, 2.05) is 13.1 Å². The van der Waals surface area contributed by atoms with Gasteiger partial charge >= 0.3 is 0 Å². The summed E-state index contributed by atoms with van der Waals surface area (Å²) >= 11 is 0. The Morgan fingerprint density at radius 3 is 3.06 bits per heavy atom. The first-order valence-electron chi connectivity index (χ1n) is 5.39. The molecule has 88 valence electrons. The Balaban J connectivity index is 2.43. The zero-order valence-corrected chi connectivity index (χ0v) is 9.55. The lowest BCUT2D eigenvalue weighted by Crippen LogP contribution is -2.26. The molecule has 0 bridgehead atoms. The fourth-order valence-electron chi connectivity index (χ4n) is 2.08. The van der Waals surface area contributed by atoms with Crippen LogP contribution in [0.15, 0.2) is 12.1 Å². The van der Waals surface area contributed by atoms with Crippen molar-refractivity contribution in [1.29, 1.82) is 0 Å². The average Bonchev–Trinajstić information content (AvgIpc) is 2.30. The van der Waals surface area contributed by atoms with E-state index < -0.39 is 0 Å². The highest BCUT2D eigenvalue weighted by Crippen LogP contribution is 2.33. The van der Waals surface area contributed by atoms with Gasteiger partial charge in [-0.25, -0.2) is 4.39 Å². The van der Waals surface area contributed by atoms with Crippen LogP contribution in [0.5, 0.6) is 5.75 Å². The second-order valence-electron chi connectivity index (χ2n) is 3.82. The average molecular weight is 225 g/mol. The molecule has 0 aliphatic carbocycles. The van der Waals surface area contributed by atoms with Crippen molar-refractivity contribution in [2.45, 2.75) is 12.5 Å². The fraction of sp³-hybridized carbons (Fsp3) is 0.500. The quantitative estimate of drug-likeness (QED) is 0.848. The first kappa shape index (κ1) is 11.4. The first-order valence-corrected chi connectivity index (χ1v) is 5.39. The normalized spacial score (nSPS) is 19.3. The summed E-state index contributed by atoms with van der Waals surface area (Å²) in [7, 11) is 3.30. The van der Waals surface area contributed by atoms with Gasteiger partial charge in [0.05, 0.1) is 19.8 Å². The van der Waals surface area contributed by atoms with Crippen LogP contribution in [-0.4, -0.2) is 27.3 Å². The van der Waals surface area contributed by atoms with Crippen molar-refractivity contribution in [3.8, 4) is 5.75 Å². The molecule has 0 aromatic heterocycles. The second-order valence-corrected chi connectivity index (χ2v) is 3.82. The third-order valence-electron chi connectivity index (χ3n) is 2.86. The molecule has 0 amide bonds. The number of methoxy groups -OCH3 is 1.